The van der Waals surface area contributed by atoms with Crippen LogP contribution in [0, 0.1) is 83.4 Å². The van der Waals surface area contributed by atoms with Crippen LogP contribution in [0.15, 0.2) is 140 Å². The third-order valence-corrected chi connectivity index (χ3v) is 12.5. The minimum atomic E-state index is -1.67. The van der Waals surface area contributed by atoms with Gasteiger partial charge in [-0.3, -0.25) is 9.59 Å². The molecule has 5 aromatic rings. The van der Waals surface area contributed by atoms with Crippen LogP contribution in [-0.4, -0.2) is 73.6 Å². The van der Waals surface area contributed by atoms with Crippen molar-refractivity contribution in [3.63, 3.8) is 0 Å². The van der Waals surface area contributed by atoms with Crippen LogP contribution in [-0.2, 0) is 37.0 Å². The number of benzene rings is 5. The maximum Gasteiger partial charge on any atom is 0.417 e. The molecule has 2 amide bonds. The summed E-state index contributed by atoms with van der Waals surface area (Å²) in [5.74, 6) is 26.1. The van der Waals surface area contributed by atoms with E-state index in [1.54, 1.807) is 34.6 Å². The van der Waals surface area contributed by atoms with Crippen molar-refractivity contribution in [1.29, 1.82) is 0 Å². The van der Waals surface area contributed by atoms with Gasteiger partial charge in [0, 0.05) is 0 Å². The third-order valence-electron chi connectivity index (χ3n) is 12.5. The molecule has 5 atom stereocenters. The second kappa shape index (κ2) is 30.4. The number of imide groups is 1. The topological polar surface area (TPSA) is 143 Å². The van der Waals surface area contributed by atoms with Gasteiger partial charge >= 0.3 is 6.09 Å². The normalized spacial score (nSPS) is 15.1. The van der Waals surface area contributed by atoms with Gasteiger partial charge in [0.25, 0.3) is 5.91 Å². The van der Waals surface area contributed by atoms with E-state index < -0.39 is 59.4 Å². The number of amides is 2. The molecule has 1 heterocycles. The quantitative estimate of drug-likeness (QED) is 0.0731. The first kappa shape index (κ1) is 61.4. The maximum absolute atomic E-state index is 14.2. The number of nitrogens with zero attached hydrogens (tertiary/aromatic N) is 1. The van der Waals surface area contributed by atoms with Crippen LogP contribution in [0.5, 0.6) is 0 Å². The van der Waals surface area contributed by atoms with E-state index in [9.17, 15) is 29.7 Å². The Hall–Kier alpha value is -8.13. The number of ketones is 1. The number of cyclic esters (lactones) is 1. The second-order valence-electron chi connectivity index (χ2n) is 19.8. The maximum atomic E-state index is 14.2. The average Bonchev–Trinajstić information content (AvgIpc) is 3.73. The number of hydrogen-bond acceptors (Lipinski definition) is 9. The number of Topliss-reactive ketones (excluding diaryl/α,β-unsaturated/α-hetero) is 1. The summed E-state index contributed by atoms with van der Waals surface area (Å²) in [6.07, 6.45) is 2.77. The van der Waals surface area contributed by atoms with Crippen molar-refractivity contribution in [3.8, 4) is 93.8 Å². The van der Waals surface area contributed by atoms with Gasteiger partial charge in [-0.05, 0) is 157 Å². The minimum absolute atomic E-state index is 0.0920. The summed E-state index contributed by atoms with van der Waals surface area (Å²) >= 11 is 0. The Morgan fingerprint density at radius 2 is 0.987 bits per heavy atom. The summed E-state index contributed by atoms with van der Waals surface area (Å²) in [5, 5.41) is 31.0. The number of aliphatic hydroxyl groups is 3. The van der Waals surface area contributed by atoms with Gasteiger partial charge in [0.05, 0.1) is 25.4 Å². The van der Waals surface area contributed by atoms with Crippen LogP contribution >= 0.6 is 0 Å². The van der Waals surface area contributed by atoms with E-state index in [-0.39, 0.29) is 25.0 Å². The number of hydrogen-bond donors (Lipinski definition) is 3. The Morgan fingerprint density at radius 1 is 0.610 bits per heavy atom. The first-order valence-corrected chi connectivity index (χ1v) is 25.4. The summed E-state index contributed by atoms with van der Waals surface area (Å²) in [6, 6.07) is 44.6. The molecule has 10 heteroatoms. The van der Waals surface area contributed by atoms with E-state index in [2.05, 4.69) is 65.1 Å². The average molecular weight is 1030 g/mol. The van der Waals surface area contributed by atoms with E-state index in [0.717, 1.165) is 43.8 Å². The first-order chi connectivity index (χ1) is 36.8. The molecule has 0 radical (unpaired) electrons. The zero-order valence-corrected chi connectivity index (χ0v) is 45.5. The molecule has 396 valence electrons. The highest BCUT2D eigenvalue weighted by Crippen LogP contribution is 2.43. The predicted octanol–water partition coefficient (Wildman–Crippen LogP) is 10.8. The lowest BCUT2D eigenvalue weighted by Crippen LogP contribution is -2.57. The summed E-state index contributed by atoms with van der Waals surface area (Å²) in [6.45, 7) is 15.9. The highest BCUT2D eigenvalue weighted by atomic mass is 16.6. The number of aliphatic hydroxyl groups excluding tert-OH is 3. The molecule has 0 spiro atoms. The first-order valence-electron chi connectivity index (χ1n) is 25.4. The standard InChI is InChI=1S/C32H37NO5.C22H28O4.C13H4/c1-22(2)20-27(34)32(5,37-21-23-16-18-25(19-17-23)24-12-8-6-9-13-24)29(35)33-28(26-14-10-7-11-15-26)31(3,4)38-30(33)36;1-16(2)13-20(24)22(3,21(25)14-23)26-15-17-9-11-19(12-10-17)18-7-5-4-6-8-18;1-3-5-7-9-11-13-12-10-8-6-4-2/h6-19,22,27-28,34H,20-21H2,1-5H3;4-12,16,20,23-24H,13-15H2,1-3H3;1H,2H3/t27-,28-,32-;20-,22-;/m00./s1. The molecule has 3 N–H and O–H groups in total. The monoisotopic (exact) mass is 1030 g/mol. The van der Waals surface area contributed by atoms with Crippen molar-refractivity contribution in [2.45, 2.75) is 123 Å². The lowest BCUT2D eigenvalue weighted by molar-refractivity contribution is -0.175. The van der Waals surface area contributed by atoms with Crippen molar-refractivity contribution in [1.82, 2.24) is 4.90 Å². The highest BCUT2D eigenvalue weighted by Gasteiger charge is 2.57. The lowest BCUT2D eigenvalue weighted by Gasteiger charge is -2.38. The third kappa shape index (κ3) is 18.3. The van der Waals surface area contributed by atoms with Gasteiger partial charge in [0.2, 0.25) is 0 Å². The highest BCUT2D eigenvalue weighted by molar-refractivity contribution is 5.99. The predicted molar refractivity (Wildman–Crippen MR) is 303 cm³/mol. The van der Waals surface area contributed by atoms with Gasteiger partial charge in [-0.1, -0.05) is 173 Å². The van der Waals surface area contributed by atoms with Gasteiger partial charge in [-0.25, -0.2) is 9.69 Å². The lowest BCUT2D eigenvalue weighted by atomic mass is 9.87. The van der Waals surface area contributed by atoms with Crippen LogP contribution in [0.3, 0.4) is 0 Å². The Balaban J connectivity index is 0.000000283. The summed E-state index contributed by atoms with van der Waals surface area (Å²) in [7, 11) is 0. The number of carbonyl (C=O) groups is 3. The summed E-state index contributed by atoms with van der Waals surface area (Å²) in [5.41, 5.74) is 2.89. The fraction of sp³-hybridized carbons (Fsp3) is 0.328. The molecular formula is C67H69NO9. The molecule has 1 aliphatic heterocycles. The van der Waals surface area contributed by atoms with Crippen LogP contribution in [0.1, 0.15) is 97.9 Å². The molecule has 1 saturated heterocycles. The van der Waals surface area contributed by atoms with Gasteiger partial charge in [0.15, 0.2) is 17.0 Å². The van der Waals surface area contributed by atoms with E-state index in [1.807, 2.05) is 167 Å². The zero-order valence-electron chi connectivity index (χ0n) is 45.5. The molecular weight excluding hydrogens is 963 g/mol. The molecule has 5 aromatic carbocycles. The summed E-state index contributed by atoms with van der Waals surface area (Å²) < 4.78 is 17.7. The van der Waals surface area contributed by atoms with E-state index in [4.69, 9.17) is 20.6 Å². The molecule has 6 rings (SSSR count). The molecule has 0 aromatic heterocycles. The van der Waals surface area contributed by atoms with Crippen molar-refractivity contribution in [2.75, 3.05) is 6.61 Å². The Labute approximate surface area is 456 Å². The van der Waals surface area contributed by atoms with Crippen molar-refractivity contribution in [3.05, 3.63) is 156 Å². The SMILES string of the molecule is C#CC#CC#CC#CC#CC#CC.CC(C)C[C@H](O)[C@](C)(OCc1ccc(-c2ccccc2)cc1)C(=O)CO.CC(C)C[C@H](O)[C@](C)(OCc1ccc(-c2ccccc2)cc1)C(=O)N1C(=O)OC(C)(C)[C@@H]1c1ccccc1. The molecule has 77 heavy (non-hydrogen) atoms. The summed E-state index contributed by atoms with van der Waals surface area (Å²) in [4.78, 5) is 40.6. The molecule has 1 fully saturated rings. The number of carbonyl (C=O) groups excluding carboxylic acids is 3. The molecule has 10 nitrogen and oxygen atoms in total. The Morgan fingerprint density at radius 3 is 1.39 bits per heavy atom. The minimum Gasteiger partial charge on any atom is -0.440 e. The zero-order chi connectivity index (χ0) is 56.4. The largest absolute Gasteiger partial charge is 0.440 e. The van der Waals surface area contributed by atoms with Crippen molar-refractivity contribution >= 4 is 17.8 Å². The molecule has 0 aliphatic carbocycles. The van der Waals surface area contributed by atoms with Crippen LogP contribution < -0.4 is 0 Å². The van der Waals surface area contributed by atoms with Crippen molar-refractivity contribution in [2.24, 2.45) is 11.8 Å². The van der Waals surface area contributed by atoms with Crippen molar-refractivity contribution < 1.29 is 43.9 Å². The van der Waals surface area contributed by atoms with Crippen LogP contribution in [0.25, 0.3) is 22.3 Å². The van der Waals surface area contributed by atoms with E-state index in [1.165, 1.54) is 0 Å². The van der Waals surface area contributed by atoms with E-state index >= 15 is 0 Å². The van der Waals surface area contributed by atoms with E-state index in [0.29, 0.717) is 12.8 Å². The number of terminal acetylenes is 1. The fourth-order valence-corrected chi connectivity index (χ4v) is 8.17. The van der Waals surface area contributed by atoms with Gasteiger partial charge in [0.1, 0.15) is 18.2 Å². The van der Waals surface area contributed by atoms with Crippen LogP contribution in [0.2, 0.25) is 0 Å². The smallest absolute Gasteiger partial charge is 0.417 e. The molecule has 0 bridgehead atoms. The number of ether oxygens (including phenoxy) is 3. The molecule has 0 saturated carbocycles. The molecule has 1 aliphatic rings. The second-order valence-corrected chi connectivity index (χ2v) is 19.8. The molecule has 0 unspecified atom stereocenters. The Kier molecular flexibility index (Phi) is 24.3. The van der Waals surface area contributed by atoms with Gasteiger partial charge in [-0.2, -0.15) is 0 Å². The Bertz CT molecular complexity index is 3080. The number of rotatable bonds is 18. The van der Waals surface area contributed by atoms with Gasteiger partial charge in [-0.15, -0.1) is 6.42 Å². The van der Waals surface area contributed by atoms with Crippen LogP contribution in [0.4, 0.5) is 4.79 Å². The van der Waals surface area contributed by atoms with Gasteiger partial charge < -0.3 is 29.5 Å². The fourth-order valence-electron chi connectivity index (χ4n) is 8.17.